The monoisotopic (exact) mass is 872 g/mol. The fourth-order valence-electron chi connectivity index (χ4n) is 9.87. The molecule has 4 nitrogen and oxygen atoms in total. The van der Waals surface area contributed by atoms with Crippen molar-refractivity contribution in [3.05, 3.63) is 250 Å². The Labute approximate surface area is 394 Å². The standard InChI is InChI=1S/C63H56N2O2/c66-56-15-3-7-44-23-31-50(32-24-44)39-52-11-5-17-60-58(52)35-37-64-62(60)54-13-1-9-48(41-54)29-27-46-19-21-47(22-20-46)28-30-49-10-2-14-55(42-49)63-61-18-6-12-53(59(61)36-38-65-63)40-51-33-25-45(26-34-51)8-4-16-57(67)43-56/h1-2,5-6,9-14,17-26,31-38,41-43,66H,3-4,7-8,15-16,27-30,39-40H2. The topological polar surface area (TPSA) is 63.1 Å². The molecule has 67 heavy (non-hydrogen) atoms. The largest absolute Gasteiger partial charge is 0.512 e. The van der Waals surface area contributed by atoms with Crippen molar-refractivity contribution in [2.75, 3.05) is 0 Å². The number of aliphatic hydroxyl groups is 1. The van der Waals surface area contributed by atoms with Crippen molar-refractivity contribution in [1.29, 1.82) is 0 Å². The predicted molar refractivity (Wildman–Crippen MR) is 276 cm³/mol. The lowest BCUT2D eigenvalue weighted by Gasteiger charge is -2.12. The number of carbonyl (C=O) groups is 1. The first-order valence-corrected chi connectivity index (χ1v) is 24.1. The molecular formula is C63H56N2O2. The number of aryl methyl sites for hydroxylation is 6. The average Bonchev–Trinajstić information content (AvgIpc) is 3.36. The maximum absolute atomic E-state index is 12.8. The Morgan fingerprint density at radius 3 is 1.24 bits per heavy atom. The number of nitrogens with zero attached hydrogens (tertiary/aromatic N) is 2. The van der Waals surface area contributed by atoms with E-state index >= 15 is 0 Å². The first kappa shape index (κ1) is 43.5. The Kier molecular flexibility index (Phi) is 13.2. The first-order valence-electron chi connectivity index (χ1n) is 24.1. The van der Waals surface area contributed by atoms with Crippen LogP contribution in [0.25, 0.3) is 44.1 Å². The van der Waals surface area contributed by atoms with E-state index in [2.05, 4.69) is 170 Å². The lowest BCUT2D eigenvalue weighted by Crippen LogP contribution is -1.98. The SMILES string of the molecule is O=C1C=C(O)CCCc2ccc(cc2)Cc2cccc3c(nccc23)-c2cccc(c2)CCc2ccc(cc2)CCc2cccc(c2)-c2nccc3c(cccc23)Cc2ccc(cc2)CCC1. The van der Waals surface area contributed by atoms with Gasteiger partial charge in [-0.15, -0.1) is 0 Å². The summed E-state index contributed by atoms with van der Waals surface area (Å²) in [6.45, 7) is 0. The molecular weight excluding hydrogens is 817 g/mol. The molecule has 0 fully saturated rings. The van der Waals surface area contributed by atoms with Crippen LogP contribution >= 0.6 is 0 Å². The van der Waals surface area contributed by atoms with Crippen LogP contribution in [0.3, 0.4) is 0 Å². The van der Waals surface area contributed by atoms with E-state index in [-0.39, 0.29) is 11.5 Å². The fraction of sp³-hybridized carbons (Fsp3) is 0.190. The van der Waals surface area contributed by atoms with E-state index in [0.717, 1.165) is 86.7 Å². The second kappa shape index (κ2) is 20.4. The number of aromatic nitrogens is 2. The van der Waals surface area contributed by atoms with Gasteiger partial charge in [-0.2, -0.15) is 0 Å². The summed E-state index contributed by atoms with van der Waals surface area (Å²) in [7, 11) is 0. The minimum atomic E-state index is -0.0184. The van der Waals surface area contributed by atoms with Crippen molar-refractivity contribution in [3.8, 4) is 22.5 Å². The van der Waals surface area contributed by atoms with Crippen LogP contribution in [-0.4, -0.2) is 20.9 Å². The molecule has 7 aromatic carbocycles. The van der Waals surface area contributed by atoms with Crippen molar-refractivity contribution in [2.45, 2.75) is 77.0 Å². The Morgan fingerprint density at radius 1 is 0.358 bits per heavy atom. The van der Waals surface area contributed by atoms with Gasteiger partial charge < -0.3 is 5.11 Å². The van der Waals surface area contributed by atoms with Gasteiger partial charge in [0.05, 0.1) is 17.1 Å². The number of ketones is 1. The van der Waals surface area contributed by atoms with Gasteiger partial charge in [0.1, 0.15) is 0 Å². The van der Waals surface area contributed by atoms with Gasteiger partial charge in [-0.25, -0.2) is 0 Å². The van der Waals surface area contributed by atoms with Crippen molar-refractivity contribution in [1.82, 2.24) is 9.97 Å². The third-order valence-corrected chi connectivity index (χ3v) is 13.6. The zero-order chi connectivity index (χ0) is 45.4. The Balaban J connectivity index is 0.889. The Bertz CT molecular complexity index is 3200. The minimum Gasteiger partial charge on any atom is -0.512 e. The van der Waals surface area contributed by atoms with Gasteiger partial charge in [-0.1, -0.05) is 146 Å². The molecule has 4 aliphatic carbocycles. The molecule has 330 valence electrons. The summed E-state index contributed by atoms with van der Waals surface area (Å²) in [5.74, 6) is 0.151. The number of hydrogen-bond donors (Lipinski definition) is 1. The highest BCUT2D eigenvalue weighted by molar-refractivity contribution is 5.97. The number of benzene rings is 7. The van der Waals surface area contributed by atoms with Gasteiger partial charge >= 0.3 is 0 Å². The van der Waals surface area contributed by atoms with Crippen LogP contribution < -0.4 is 0 Å². The Morgan fingerprint density at radius 2 is 0.761 bits per heavy atom. The van der Waals surface area contributed by atoms with E-state index in [4.69, 9.17) is 9.97 Å². The molecule has 0 aliphatic heterocycles. The normalized spacial score (nSPS) is 14.3. The molecule has 0 unspecified atom stereocenters. The lowest BCUT2D eigenvalue weighted by molar-refractivity contribution is -0.114. The maximum atomic E-state index is 12.8. The molecule has 0 radical (unpaired) electrons. The highest BCUT2D eigenvalue weighted by Crippen LogP contribution is 2.32. The van der Waals surface area contributed by atoms with E-state index in [1.54, 1.807) is 0 Å². The lowest BCUT2D eigenvalue weighted by atomic mass is 9.94. The van der Waals surface area contributed by atoms with Gasteiger partial charge in [-0.3, -0.25) is 14.8 Å². The van der Waals surface area contributed by atoms with Gasteiger partial charge in [-0.05, 0) is 155 Å². The summed E-state index contributed by atoms with van der Waals surface area (Å²) in [5, 5.41) is 15.4. The molecule has 18 bridgehead atoms. The summed E-state index contributed by atoms with van der Waals surface area (Å²) < 4.78 is 0. The summed E-state index contributed by atoms with van der Waals surface area (Å²) in [6.07, 6.45) is 14.9. The van der Waals surface area contributed by atoms with Crippen molar-refractivity contribution in [2.24, 2.45) is 0 Å². The van der Waals surface area contributed by atoms with Crippen LogP contribution in [0.2, 0.25) is 0 Å². The number of fused-ring (bicyclic) bond motifs is 3. The van der Waals surface area contributed by atoms with Crippen LogP contribution in [0.15, 0.2) is 194 Å². The first-order chi connectivity index (χ1) is 33.0. The van der Waals surface area contributed by atoms with Crippen molar-refractivity contribution < 1.29 is 9.90 Å². The number of allylic oxidation sites excluding steroid dienone is 2. The summed E-state index contributed by atoms with van der Waals surface area (Å²) >= 11 is 0. The number of pyridine rings is 2. The Hall–Kier alpha value is -7.43. The molecule has 9 aromatic rings. The van der Waals surface area contributed by atoms with Crippen LogP contribution in [0.4, 0.5) is 0 Å². The molecule has 0 amide bonds. The van der Waals surface area contributed by atoms with E-state index in [9.17, 15) is 9.90 Å². The summed E-state index contributed by atoms with van der Waals surface area (Å²) in [5.41, 5.74) is 17.1. The van der Waals surface area contributed by atoms with Crippen LogP contribution in [0.5, 0.6) is 0 Å². The van der Waals surface area contributed by atoms with Gasteiger partial charge in [0, 0.05) is 53.2 Å². The van der Waals surface area contributed by atoms with Crippen molar-refractivity contribution in [3.63, 3.8) is 0 Å². The quantitative estimate of drug-likeness (QED) is 0.165. The molecule has 4 aliphatic rings. The van der Waals surface area contributed by atoms with Crippen LogP contribution in [-0.2, 0) is 56.2 Å². The third kappa shape index (κ3) is 10.7. The average molecular weight is 873 g/mol. The molecule has 1 N–H and O–H groups in total. The molecule has 0 saturated carbocycles. The van der Waals surface area contributed by atoms with Gasteiger partial charge in [0.25, 0.3) is 0 Å². The second-order valence-corrected chi connectivity index (χ2v) is 18.4. The highest BCUT2D eigenvalue weighted by atomic mass is 16.3. The second-order valence-electron chi connectivity index (χ2n) is 18.4. The van der Waals surface area contributed by atoms with E-state index in [1.807, 2.05) is 12.4 Å². The van der Waals surface area contributed by atoms with E-state index in [0.29, 0.717) is 12.8 Å². The van der Waals surface area contributed by atoms with E-state index < -0.39 is 0 Å². The number of aliphatic hydroxyl groups excluding tert-OH is 1. The number of hydrogen-bond acceptors (Lipinski definition) is 4. The molecule has 2 heterocycles. The van der Waals surface area contributed by atoms with E-state index in [1.165, 1.54) is 83.3 Å². The van der Waals surface area contributed by atoms with Crippen LogP contribution in [0, 0.1) is 0 Å². The number of rotatable bonds is 0. The molecule has 0 saturated heterocycles. The molecule has 0 spiro atoms. The smallest absolute Gasteiger partial charge is 0.159 e. The predicted octanol–water partition coefficient (Wildman–Crippen LogP) is 14.5. The summed E-state index contributed by atoms with van der Waals surface area (Å²) in [4.78, 5) is 22.6. The highest BCUT2D eigenvalue weighted by Gasteiger charge is 2.13. The van der Waals surface area contributed by atoms with Gasteiger partial charge in [0.2, 0.25) is 0 Å². The molecule has 0 atom stereocenters. The van der Waals surface area contributed by atoms with Gasteiger partial charge in [0.15, 0.2) is 5.78 Å². The third-order valence-electron chi connectivity index (χ3n) is 13.6. The minimum absolute atomic E-state index is 0.0184. The molecule has 2 aromatic heterocycles. The zero-order valence-corrected chi connectivity index (χ0v) is 38.1. The number of carbonyl (C=O) groups excluding carboxylic acids is 1. The van der Waals surface area contributed by atoms with Crippen LogP contribution in [0.1, 0.15) is 81.3 Å². The zero-order valence-electron chi connectivity index (χ0n) is 38.1. The fourth-order valence-corrected chi connectivity index (χ4v) is 9.87. The molecule has 4 heteroatoms. The maximum Gasteiger partial charge on any atom is 0.159 e. The molecule has 13 rings (SSSR count). The summed E-state index contributed by atoms with van der Waals surface area (Å²) in [6, 6.07) is 62.1. The van der Waals surface area contributed by atoms with Crippen molar-refractivity contribution >= 4 is 27.3 Å².